The number of rotatable bonds is 9. The van der Waals surface area contributed by atoms with Gasteiger partial charge in [-0.1, -0.05) is 29.8 Å². The number of esters is 1. The summed E-state index contributed by atoms with van der Waals surface area (Å²) >= 11 is 0. The van der Waals surface area contributed by atoms with Crippen LogP contribution in [0.15, 0.2) is 48.5 Å². The highest BCUT2D eigenvalue weighted by molar-refractivity contribution is 5.92. The molecule has 162 valence electrons. The SMILES string of the molecule is CCOC(=O)CCC(=O)Nc1ccc(-n2nc(OCC)nc2-c2ccc(C)cc2)cc1. The first-order valence-electron chi connectivity index (χ1n) is 10.2. The first kappa shape index (κ1) is 22.0. The van der Waals surface area contributed by atoms with Crippen molar-refractivity contribution in [2.75, 3.05) is 18.5 Å². The zero-order valence-corrected chi connectivity index (χ0v) is 17.9. The van der Waals surface area contributed by atoms with E-state index in [9.17, 15) is 9.59 Å². The molecule has 0 spiro atoms. The van der Waals surface area contributed by atoms with Crippen LogP contribution in [-0.2, 0) is 14.3 Å². The summed E-state index contributed by atoms with van der Waals surface area (Å²) in [5.74, 6) is 0.0307. The standard InChI is InChI=1S/C23H26N4O4/c1-4-30-21(29)15-14-20(28)24-18-10-12-19(13-11-18)27-22(25-23(26-27)31-5-2)17-8-6-16(3)7-9-17/h6-13H,4-5,14-15H2,1-3H3,(H,24,28). The summed E-state index contributed by atoms with van der Waals surface area (Å²) in [6.07, 6.45) is 0.121. The predicted octanol–water partition coefficient (Wildman–Crippen LogP) is 3.92. The molecule has 1 heterocycles. The van der Waals surface area contributed by atoms with E-state index in [1.807, 2.05) is 50.2 Å². The van der Waals surface area contributed by atoms with Gasteiger partial charge in [-0.3, -0.25) is 9.59 Å². The van der Waals surface area contributed by atoms with Crippen molar-refractivity contribution >= 4 is 17.6 Å². The fourth-order valence-corrected chi connectivity index (χ4v) is 2.91. The maximum atomic E-state index is 12.1. The Morgan fingerprint density at radius 2 is 1.68 bits per heavy atom. The van der Waals surface area contributed by atoms with Gasteiger partial charge in [0.2, 0.25) is 5.91 Å². The fraction of sp³-hybridized carbons (Fsp3) is 0.304. The van der Waals surface area contributed by atoms with E-state index in [1.165, 1.54) is 0 Å². The molecule has 1 N–H and O–H groups in total. The van der Waals surface area contributed by atoms with Gasteiger partial charge in [-0.2, -0.15) is 4.98 Å². The zero-order chi connectivity index (χ0) is 22.2. The summed E-state index contributed by atoms with van der Waals surface area (Å²) in [5.41, 5.74) is 3.47. The van der Waals surface area contributed by atoms with Gasteiger partial charge in [0.25, 0.3) is 0 Å². The summed E-state index contributed by atoms with van der Waals surface area (Å²) in [4.78, 5) is 28.0. The molecule has 0 saturated heterocycles. The lowest BCUT2D eigenvalue weighted by molar-refractivity contribution is -0.144. The van der Waals surface area contributed by atoms with E-state index in [0.717, 1.165) is 16.8 Å². The van der Waals surface area contributed by atoms with Crippen molar-refractivity contribution in [3.8, 4) is 23.1 Å². The minimum absolute atomic E-state index is 0.0524. The number of anilines is 1. The Hall–Kier alpha value is -3.68. The molecule has 0 aliphatic heterocycles. The highest BCUT2D eigenvalue weighted by Crippen LogP contribution is 2.25. The van der Waals surface area contributed by atoms with Gasteiger partial charge in [-0.25, -0.2) is 4.68 Å². The number of ether oxygens (including phenoxy) is 2. The van der Waals surface area contributed by atoms with Crippen LogP contribution in [0.1, 0.15) is 32.3 Å². The molecule has 0 aliphatic rings. The Labute approximate surface area is 181 Å². The van der Waals surface area contributed by atoms with Crippen LogP contribution in [0.2, 0.25) is 0 Å². The summed E-state index contributed by atoms with van der Waals surface area (Å²) in [5, 5.41) is 7.25. The normalized spacial score (nSPS) is 10.5. The van der Waals surface area contributed by atoms with E-state index >= 15 is 0 Å². The number of hydrogen-bond donors (Lipinski definition) is 1. The zero-order valence-electron chi connectivity index (χ0n) is 17.9. The smallest absolute Gasteiger partial charge is 0.336 e. The van der Waals surface area contributed by atoms with E-state index in [0.29, 0.717) is 30.7 Å². The average molecular weight is 422 g/mol. The quantitative estimate of drug-likeness (QED) is 0.525. The second-order valence-electron chi connectivity index (χ2n) is 6.83. The molecule has 3 rings (SSSR count). The monoisotopic (exact) mass is 422 g/mol. The van der Waals surface area contributed by atoms with E-state index in [1.54, 1.807) is 23.7 Å². The van der Waals surface area contributed by atoms with Crippen molar-refractivity contribution in [1.29, 1.82) is 0 Å². The number of amides is 1. The maximum Gasteiger partial charge on any atom is 0.336 e. The van der Waals surface area contributed by atoms with Gasteiger partial charge < -0.3 is 14.8 Å². The molecule has 0 unspecified atom stereocenters. The summed E-state index contributed by atoms with van der Waals surface area (Å²) in [6.45, 7) is 6.41. The average Bonchev–Trinajstić information content (AvgIpc) is 3.18. The van der Waals surface area contributed by atoms with Crippen molar-refractivity contribution in [3.05, 3.63) is 54.1 Å². The Balaban J connectivity index is 1.76. The van der Waals surface area contributed by atoms with E-state index < -0.39 is 0 Å². The number of benzene rings is 2. The number of aromatic nitrogens is 3. The third kappa shape index (κ3) is 5.91. The molecule has 0 aliphatic carbocycles. The van der Waals surface area contributed by atoms with Gasteiger partial charge in [-0.05, 0) is 45.0 Å². The van der Waals surface area contributed by atoms with Crippen LogP contribution in [0, 0.1) is 6.92 Å². The number of hydrogen-bond acceptors (Lipinski definition) is 6. The molecular weight excluding hydrogens is 396 g/mol. The van der Waals surface area contributed by atoms with Gasteiger partial charge in [-0.15, -0.1) is 5.10 Å². The topological polar surface area (TPSA) is 95.3 Å². The van der Waals surface area contributed by atoms with Crippen molar-refractivity contribution in [1.82, 2.24) is 14.8 Å². The minimum atomic E-state index is -0.382. The molecule has 2 aromatic carbocycles. The Bertz CT molecular complexity index is 1030. The van der Waals surface area contributed by atoms with Crippen LogP contribution in [0.5, 0.6) is 6.01 Å². The van der Waals surface area contributed by atoms with Crippen LogP contribution in [0.3, 0.4) is 0 Å². The molecule has 1 aromatic heterocycles. The molecule has 8 heteroatoms. The lowest BCUT2D eigenvalue weighted by Gasteiger charge is -2.09. The Morgan fingerprint density at radius 3 is 2.32 bits per heavy atom. The molecular formula is C23H26N4O4. The van der Waals surface area contributed by atoms with Gasteiger partial charge in [0.05, 0.1) is 25.3 Å². The molecule has 3 aromatic rings. The molecule has 0 saturated carbocycles. The second kappa shape index (κ2) is 10.4. The molecule has 8 nitrogen and oxygen atoms in total. The first-order valence-corrected chi connectivity index (χ1v) is 10.2. The van der Waals surface area contributed by atoms with Gasteiger partial charge in [0.1, 0.15) is 0 Å². The third-order valence-corrected chi connectivity index (χ3v) is 4.43. The molecule has 0 atom stereocenters. The number of nitrogens with one attached hydrogen (secondary N) is 1. The number of aryl methyl sites for hydroxylation is 1. The molecule has 0 bridgehead atoms. The van der Waals surface area contributed by atoms with Crippen molar-refractivity contribution in [3.63, 3.8) is 0 Å². The van der Waals surface area contributed by atoms with Crippen LogP contribution >= 0.6 is 0 Å². The maximum absolute atomic E-state index is 12.1. The molecule has 31 heavy (non-hydrogen) atoms. The molecule has 0 radical (unpaired) electrons. The fourth-order valence-electron chi connectivity index (χ4n) is 2.91. The minimum Gasteiger partial charge on any atom is -0.466 e. The van der Waals surface area contributed by atoms with Crippen LogP contribution in [-0.4, -0.2) is 39.9 Å². The highest BCUT2D eigenvalue weighted by Gasteiger charge is 2.15. The van der Waals surface area contributed by atoms with Crippen molar-refractivity contribution in [2.24, 2.45) is 0 Å². The van der Waals surface area contributed by atoms with E-state index in [4.69, 9.17) is 9.47 Å². The van der Waals surface area contributed by atoms with Gasteiger partial charge >= 0.3 is 12.0 Å². The van der Waals surface area contributed by atoms with Gasteiger partial charge in [0.15, 0.2) is 5.82 Å². The Morgan fingerprint density at radius 1 is 0.968 bits per heavy atom. The lowest BCUT2D eigenvalue weighted by Crippen LogP contribution is -2.14. The van der Waals surface area contributed by atoms with E-state index in [2.05, 4.69) is 15.4 Å². The van der Waals surface area contributed by atoms with Crippen LogP contribution in [0.4, 0.5) is 5.69 Å². The Kier molecular flexibility index (Phi) is 7.37. The predicted molar refractivity (Wildman–Crippen MR) is 117 cm³/mol. The van der Waals surface area contributed by atoms with Crippen LogP contribution < -0.4 is 10.1 Å². The summed E-state index contributed by atoms with van der Waals surface area (Å²) in [6, 6.07) is 15.5. The van der Waals surface area contributed by atoms with E-state index in [-0.39, 0.29) is 24.7 Å². The molecule has 0 fully saturated rings. The first-order chi connectivity index (χ1) is 15.0. The van der Waals surface area contributed by atoms with Crippen LogP contribution in [0.25, 0.3) is 17.1 Å². The largest absolute Gasteiger partial charge is 0.466 e. The lowest BCUT2D eigenvalue weighted by atomic mass is 10.1. The van der Waals surface area contributed by atoms with Crippen molar-refractivity contribution in [2.45, 2.75) is 33.6 Å². The molecule has 1 amide bonds. The summed E-state index contributed by atoms with van der Waals surface area (Å²) < 4.78 is 12.0. The van der Waals surface area contributed by atoms with Gasteiger partial charge in [0, 0.05) is 17.7 Å². The summed E-state index contributed by atoms with van der Waals surface area (Å²) in [7, 11) is 0. The highest BCUT2D eigenvalue weighted by atomic mass is 16.5. The van der Waals surface area contributed by atoms with Crippen molar-refractivity contribution < 1.29 is 19.1 Å². The second-order valence-corrected chi connectivity index (χ2v) is 6.83. The number of carbonyl (C=O) groups is 2. The number of carbonyl (C=O) groups excluding carboxylic acids is 2. The third-order valence-electron chi connectivity index (χ3n) is 4.43. The number of nitrogens with zero attached hydrogens (tertiary/aromatic N) is 3.